The molecule has 2 aromatic carbocycles. The number of nitriles is 1. The van der Waals surface area contributed by atoms with Crippen LogP contribution < -0.4 is 11.2 Å². The van der Waals surface area contributed by atoms with Crippen molar-refractivity contribution in [3.8, 4) is 11.8 Å². The van der Waals surface area contributed by atoms with E-state index in [2.05, 4.69) is 20.8 Å². The minimum atomic E-state index is -0.384. The highest BCUT2D eigenvalue weighted by atomic mass is 15.4. The van der Waals surface area contributed by atoms with Crippen LogP contribution in [-0.4, -0.2) is 26.5 Å². The molecular weight excluding hydrogens is 292 g/mol. The lowest BCUT2D eigenvalue weighted by atomic mass is 10.2. The van der Waals surface area contributed by atoms with Gasteiger partial charge in [0.15, 0.2) is 5.84 Å². The highest BCUT2D eigenvalue weighted by Gasteiger charge is 2.05. The number of hydrogen-bond donors (Lipinski definition) is 3. The largest absolute Gasteiger partial charge is 0.382 e. The number of amidine groups is 1. The summed E-state index contributed by atoms with van der Waals surface area (Å²) in [6.45, 7) is 0. The predicted molar refractivity (Wildman–Crippen MR) is 87.4 cm³/mol. The Kier molecular flexibility index (Phi) is 3.68. The van der Waals surface area contributed by atoms with Crippen LogP contribution in [0, 0.1) is 16.7 Å². The highest BCUT2D eigenvalue weighted by Crippen LogP contribution is 2.17. The number of fused-ring (bicyclic) bond motifs is 1. The van der Waals surface area contributed by atoms with Gasteiger partial charge in [-0.3, -0.25) is 10.8 Å². The van der Waals surface area contributed by atoms with Gasteiger partial charge in [0.05, 0.1) is 16.9 Å². The van der Waals surface area contributed by atoms with Crippen molar-refractivity contribution in [1.82, 2.24) is 15.0 Å². The molecule has 0 aliphatic heterocycles. The van der Waals surface area contributed by atoms with Gasteiger partial charge in [0.25, 0.3) is 0 Å². The number of nitrogens with zero attached hydrogens (tertiary/aromatic N) is 5. The molecule has 8 heteroatoms. The Bertz CT molecular complexity index is 930. The molecule has 0 unspecified atom stereocenters. The van der Waals surface area contributed by atoms with E-state index in [4.69, 9.17) is 16.4 Å². The summed E-state index contributed by atoms with van der Waals surface area (Å²) in [6, 6.07) is 16.7. The van der Waals surface area contributed by atoms with Gasteiger partial charge in [-0.2, -0.15) is 10.4 Å². The molecule has 0 radical (unpaired) electrons. The van der Waals surface area contributed by atoms with E-state index < -0.39 is 0 Å². The molecule has 0 saturated carbocycles. The van der Waals surface area contributed by atoms with Crippen molar-refractivity contribution in [3.63, 3.8) is 0 Å². The van der Waals surface area contributed by atoms with Crippen molar-refractivity contribution in [2.75, 3.05) is 5.43 Å². The van der Waals surface area contributed by atoms with Crippen molar-refractivity contribution in [3.05, 3.63) is 48.5 Å². The monoisotopic (exact) mass is 304 g/mol. The van der Waals surface area contributed by atoms with E-state index in [-0.39, 0.29) is 11.5 Å². The average Bonchev–Trinajstić information content (AvgIpc) is 3.00. The van der Waals surface area contributed by atoms with E-state index in [1.165, 1.54) is 0 Å². The predicted octanol–water partition coefficient (Wildman–Crippen LogP) is 1.65. The third-order valence-corrected chi connectivity index (χ3v) is 3.12. The number of para-hydroxylation sites is 1. The highest BCUT2D eigenvalue weighted by molar-refractivity contribution is 6.45. The molecule has 1 aromatic heterocycles. The number of anilines is 1. The maximum absolute atomic E-state index is 8.78. The van der Waals surface area contributed by atoms with Gasteiger partial charge in [0.2, 0.25) is 5.71 Å². The molecule has 8 nitrogen and oxygen atoms in total. The van der Waals surface area contributed by atoms with Crippen LogP contribution in [0.4, 0.5) is 5.69 Å². The summed E-state index contributed by atoms with van der Waals surface area (Å²) in [7, 11) is 0. The maximum atomic E-state index is 8.78. The van der Waals surface area contributed by atoms with Crippen LogP contribution in [0.2, 0.25) is 0 Å². The molecule has 0 fully saturated rings. The quantitative estimate of drug-likeness (QED) is 0.383. The first kappa shape index (κ1) is 14.2. The second-order valence-corrected chi connectivity index (χ2v) is 4.63. The minimum absolute atomic E-state index is 0.170. The lowest BCUT2D eigenvalue weighted by molar-refractivity contribution is 0.824. The van der Waals surface area contributed by atoms with Gasteiger partial charge < -0.3 is 5.73 Å². The summed E-state index contributed by atoms with van der Waals surface area (Å²) < 4.78 is 1.73. The molecule has 23 heavy (non-hydrogen) atoms. The zero-order valence-corrected chi connectivity index (χ0v) is 11.9. The van der Waals surface area contributed by atoms with Gasteiger partial charge in [-0.25, -0.2) is 4.68 Å². The van der Waals surface area contributed by atoms with Crippen molar-refractivity contribution >= 4 is 28.3 Å². The number of hydrazone groups is 1. The Morgan fingerprint density at radius 2 is 1.96 bits per heavy atom. The second-order valence-electron chi connectivity index (χ2n) is 4.63. The normalized spacial score (nSPS) is 11.2. The van der Waals surface area contributed by atoms with E-state index in [1.807, 2.05) is 36.4 Å². The first-order valence-corrected chi connectivity index (χ1v) is 6.68. The molecule has 0 aliphatic carbocycles. The lowest BCUT2D eigenvalue weighted by Gasteiger charge is -2.04. The summed E-state index contributed by atoms with van der Waals surface area (Å²) in [6.07, 6.45) is 0. The van der Waals surface area contributed by atoms with Crippen LogP contribution in [0.1, 0.15) is 0 Å². The summed E-state index contributed by atoms with van der Waals surface area (Å²) in [5.41, 5.74) is 11.0. The Balaban J connectivity index is 1.85. The van der Waals surface area contributed by atoms with Crippen molar-refractivity contribution in [2.45, 2.75) is 0 Å². The van der Waals surface area contributed by atoms with Crippen LogP contribution in [0.25, 0.3) is 16.7 Å². The number of nitrogens with two attached hydrogens (primary N) is 1. The smallest absolute Gasteiger partial charge is 0.201 e. The van der Waals surface area contributed by atoms with E-state index in [0.29, 0.717) is 5.69 Å². The third kappa shape index (κ3) is 2.84. The molecule has 0 bridgehead atoms. The minimum Gasteiger partial charge on any atom is -0.382 e. The van der Waals surface area contributed by atoms with Gasteiger partial charge >= 0.3 is 0 Å². The number of rotatable bonds is 4. The summed E-state index contributed by atoms with van der Waals surface area (Å²) >= 11 is 0. The van der Waals surface area contributed by atoms with Crippen LogP contribution in [0.5, 0.6) is 0 Å². The van der Waals surface area contributed by atoms with Gasteiger partial charge in [0, 0.05) is 0 Å². The fourth-order valence-corrected chi connectivity index (χ4v) is 2.00. The van der Waals surface area contributed by atoms with Crippen molar-refractivity contribution in [2.24, 2.45) is 10.8 Å². The second kappa shape index (κ2) is 5.95. The summed E-state index contributed by atoms with van der Waals surface area (Å²) in [5, 5.41) is 28.0. The molecular formula is C15H12N8. The Hall–Kier alpha value is -3.73. The number of nitrogens with one attached hydrogen (secondary N) is 2. The lowest BCUT2D eigenvalue weighted by Crippen LogP contribution is -2.21. The topological polar surface area (TPSA) is 129 Å². The average molecular weight is 304 g/mol. The molecule has 4 N–H and O–H groups in total. The van der Waals surface area contributed by atoms with Gasteiger partial charge in [-0.1, -0.05) is 17.3 Å². The first-order valence-electron chi connectivity index (χ1n) is 6.68. The maximum Gasteiger partial charge on any atom is 0.201 e. The Labute approximate surface area is 131 Å². The molecule has 0 saturated heterocycles. The standard InChI is InChI=1S/C15H12N8/c16-9-13(15(17)18)20-19-10-5-7-11(8-6-10)23-14-4-2-1-3-12(14)21-22-23/h1-8,19H,(H3,17,18)/b20-13+. The van der Waals surface area contributed by atoms with Crippen LogP contribution in [0.3, 0.4) is 0 Å². The van der Waals surface area contributed by atoms with Crippen LogP contribution in [-0.2, 0) is 0 Å². The van der Waals surface area contributed by atoms with Crippen molar-refractivity contribution in [1.29, 1.82) is 10.7 Å². The fourth-order valence-electron chi connectivity index (χ4n) is 2.00. The summed E-state index contributed by atoms with van der Waals surface area (Å²) in [5.74, 6) is -0.384. The van der Waals surface area contributed by atoms with Crippen molar-refractivity contribution < 1.29 is 0 Å². The molecule has 0 spiro atoms. The molecule has 3 rings (SSSR count). The molecule has 3 aromatic rings. The van der Waals surface area contributed by atoms with Crippen LogP contribution >= 0.6 is 0 Å². The van der Waals surface area contributed by atoms with E-state index in [1.54, 1.807) is 22.9 Å². The van der Waals surface area contributed by atoms with Gasteiger partial charge in [-0.15, -0.1) is 5.10 Å². The van der Waals surface area contributed by atoms with Gasteiger partial charge in [-0.05, 0) is 36.4 Å². The number of benzene rings is 2. The van der Waals surface area contributed by atoms with E-state index in [0.717, 1.165) is 16.7 Å². The Morgan fingerprint density at radius 3 is 2.65 bits per heavy atom. The molecule has 0 aliphatic rings. The number of hydrogen-bond acceptors (Lipinski definition) is 6. The van der Waals surface area contributed by atoms with Crippen LogP contribution in [0.15, 0.2) is 53.6 Å². The van der Waals surface area contributed by atoms with E-state index in [9.17, 15) is 0 Å². The SMILES string of the molecule is N#C/C(=N\Nc1ccc(-n2nnc3ccccc32)cc1)C(=N)N. The number of aromatic nitrogens is 3. The van der Waals surface area contributed by atoms with E-state index >= 15 is 0 Å². The third-order valence-electron chi connectivity index (χ3n) is 3.12. The summed E-state index contributed by atoms with van der Waals surface area (Å²) in [4.78, 5) is 0. The van der Waals surface area contributed by atoms with Gasteiger partial charge in [0.1, 0.15) is 11.6 Å². The molecule has 112 valence electrons. The fraction of sp³-hybridized carbons (Fsp3) is 0. The zero-order chi connectivity index (χ0) is 16.2. The first-order chi connectivity index (χ1) is 11.2. The Morgan fingerprint density at radius 1 is 1.22 bits per heavy atom. The molecule has 0 amide bonds. The molecule has 0 atom stereocenters. The zero-order valence-electron chi connectivity index (χ0n) is 11.9. The molecule has 1 heterocycles.